The number of aromatic amines is 1. The average Bonchev–Trinajstić information content (AvgIpc) is 2.61. The Hall–Kier alpha value is -2.83. The first-order chi connectivity index (χ1) is 12.0. The van der Waals surface area contributed by atoms with Gasteiger partial charge in [-0.15, -0.1) is 0 Å². The molecule has 0 radical (unpaired) electrons. The second-order valence-electron chi connectivity index (χ2n) is 6.27. The van der Waals surface area contributed by atoms with E-state index in [0.717, 1.165) is 16.5 Å². The largest absolute Gasteiger partial charge is 0.479 e. The highest BCUT2D eigenvalue weighted by atomic mass is 16.6. The zero-order valence-electron chi connectivity index (χ0n) is 13.9. The lowest BCUT2D eigenvalue weighted by Gasteiger charge is -2.31. The third kappa shape index (κ3) is 3.65. The van der Waals surface area contributed by atoms with Gasteiger partial charge in [0.25, 0.3) is 5.56 Å². The number of carboxylic acid groups (broad SMARTS) is 1. The summed E-state index contributed by atoms with van der Waals surface area (Å²) in [5.74, 6) is -1.11. The number of carbonyl (C=O) groups excluding carboxylic acids is 1. The Kier molecular flexibility index (Phi) is 4.74. The van der Waals surface area contributed by atoms with E-state index < -0.39 is 18.2 Å². The minimum atomic E-state index is -1.18. The van der Waals surface area contributed by atoms with Crippen molar-refractivity contribution in [2.45, 2.75) is 31.8 Å². The second kappa shape index (κ2) is 6.96. The summed E-state index contributed by atoms with van der Waals surface area (Å²) in [6.45, 7) is 2.19. The van der Waals surface area contributed by atoms with Crippen LogP contribution in [0.3, 0.4) is 0 Å². The van der Waals surface area contributed by atoms with Crippen molar-refractivity contribution in [3.8, 4) is 0 Å². The number of nitrogens with zero attached hydrogens (tertiary/aromatic N) is 1. The smallest absolute Gasteiger partial charge is 0.410 e. The molecule has 2 aromatic rings. The first kappa shape index (κ1) is 17.0. The highest BCUT2D eigenvalue weighted by molar-refractivity contribution is 5.79. The standard InChI is InChI=1S/C18H20N2O5/c1-11(17(22)23)25-18(24)20-8-6-12(7-9-20)14-10-13-4-2-3-5-15(13)19-16(14)21/h2-5,10-12H,6-9H2,1H3,(H,19,21)(H,22,23). The lowest BCUT2D eigenvalue weighted by molar-refractivity contribution is -0.146. The van der Waals surface area contributed by atoms with Crippen LogP contribution in [-0.4, -0.2) is 46.2 Å². The van der Waals surface area contributed by atoms with Gasteiger partial charge in [0.15, 0.2) is 6.10 Å². The highest BCUT2D eigenvalue weighted by Crippen LogP contribution is 2.27. The zero-order chi connectivity index (χ0) is 18.0. The SMILES string of the molecule is CC(OC(=O)N1CCC(c2cc3ccccc3[nH]c2=O)CC1)C(=O)O. The van der Waals surface area contributed by atoms with E-state index >= 15 is 0 Å². The average molecular weight is 344 g/mol. The maximum absolute atomic E-state index is 12.3. The van der Waals surface area contributed by atoms with Crippen LogP contribution in [0.4, 0.5) is 4.79 Å². The Bertz CT molecular complexity index is 852. The summed E-state index contributed by atoms with van der Waals surface area (Å²) in [4.78, 5) is 39.5. The van der Waals surface area contributed by atoms with Crippen LogP contribution in [0.25, 0.3) is 10.9 Å². The Morgan fingerprint density at radius 2 is 1.96 bits per heavy atom. The number of para-hydroxylation sites is 1. The van der Waals surface area contributed by atoms with Crippen LogP contribution in [-0.2, 0) is 9.53 Å². The number of H-pyrrole nitrogens is 1. The maximum atomic E-state index is 12.3. The van der Waals surface area contributed by atoms with Gasteiger partial charge in [-0.3, -0.25) is 4.79 Å². The van der Waals surface area contributed by atoms with E-state index in [0.29, 0.717) is 25.9 Å². The van der Waals surface area contributed by atoms with Crippen LogP contribution in [0.2, 0.25) is 0 Å². The van der Waals surface area contributed by atoms with E-state index in [1.54, 1.807) is 0 Å². The van der Waals surface area contributed by atoms with Gasteiger partial charge in [0, 0.05) is 24.2 Å². The van der Waals surface area contributed by atoms with Crippen LogP contribution < -0.4 is 5.56 Å². The lowest BCUT2D eigenvalue weighted by atomic mass is 9.89. The number of fused-ring (bicyclic) bond motifs is 1. The molecule has 1 fully saturated rings. The van der Waals surface area contributed by atoms with Crippen LogP contribution in [0.1, 0.15) is 31.2 Å². The molecule has 132 valence electrons. The molecule has 3 rings (SSSR count). The van der Waals surface area contributed by atoms with Gasteiger partial charge in [0.1, 0.15) is 0 Å². The topological polar surface area (TPSA) is 99.7 Å². The quantitative estimate of drug-likeness (QED) is 0.890. The van der Waals surface area contributed by atoms with Crippen molar-refractivity contribution in [1.82, 2.24) is 9.88 Å². The molecular weight excluding hydrogens is 324 g/mol. The van der Waals surface area contributed by atoms with Crippen molar-refractivity contribution in [1.29, 1.82) is 0 Å². The molecular formula is C18H20N2O5. The molecule has 1 saturated heterocycles. The Morgan fingerprint density at radius 3 is 2.64 bits per heavy atom. The number of aliphatic carboxylic acids is 1. The normalized spacial score (nSPS) is 16.6. The predicted molar refractivity (Wildman–Crippen MR) is 91.7 cm³/mol. The minimum Gasteiger partial charge on any atom is -0.479 e. The van der Waals surface area contributed by atoms with Crippen LogP contribution >= 0.6 is 0 Å². The van der Waals surface area contributed by atoms with Gasteiger partial charge in [-0.2, -0.15) is 0 Å². The number of likely N-dealkylation sites (tertiary alicyclic amines) is 1. The fourth-order valence-electron chi connectivity index (χ4n) is 3.12. The summed E-state index contributed by atoms with van der Waals surface area (Å²) in [7, 11) is 0. The van der Waals surface area contributed by atoms with E-state index in [1.165, 1.54) is 11.8 Å². The first-order valence-corrected chi connectivity index (χ1v) is 8.26. The molecule has 7 nitrogen and oxygen atoms in total. The number of nitrogens with one attached hydrogen (secondary N) is 1. The Morgan fingerprint density at radius 1 is 1.28 bits per heavy atom. The molecule has 0 bridgehead atoms. The molecule has 1 atom stereocenters. The molecule has 7 heteroatoms. The summed E-state index contributed by atoms with van der Waals surface area (Å²) < 4.78 is 4.89. The summed E-state index contributed by atoms with van der Waals surface area (Å²) in [6.07, 6.45) is -0.523. The molecule has 0 saturated carbocycles. The molecule has 25 heavy (non-hydrogen) atoms. The molecule has 2 N–H and O–H groups in total. The number of pyridine rings is 1. The van der Waals surface area contributed by atoms with Crippen molar-refractivity contribution in [3.63, 3.8) is 0 Å². The number of amides is 1. The summed E-state index contributed by atoms with van der Waals surface area (Å²) in [6, 6.07) is 9.53. The Balaban J connectivity index is 1.68. The molecule has 1 aliphatic heterocycles. The summed E-state index contributed by atoms with van der Waals surface area (Å²) >= 11 is 0. The van der Waals surface area contributed by atoms with Gasteiger partial charge in [-0.25, -0.2) is 9.59 Å². The molecule has 1 aromatic carbocycles. The minimum absolute atomic E-state index is 0.0642. The molecule has 1 unspecified atom stereocenters. The van der Waals surface area contributed by atoms with Crippen molar-refractivity contribution < 1.29 is 19.4 Å². The van der Waals surface area contributed by atoms with Gasteiger partial charge in [-0.1, -0.05) is 18.2 Å². The highest BCUT2D eigenvalue weighted by Gasteiger charge is 2.28. The van der Waals surface area contributed by atoms with Gasteiger partial charge in [0.2, 0.25) is 0 Å². The van der Waals surface area contributed by atoms with Crippen LogP contribution in [0, 0.1) is 0 Å². The molecule has 0 aliphatic carbocycles. The van der Waals surface area contributed by atoms with Gasteiger partial charge < -0.3 is 19.7 Å². The molecule has 1 amide bonds. The maximum Gasteiger partial charge on any atom is 0.410 e. The van der Waals surface area contributed by atoms with Gasteiger partial charge in [0.05, 0.1) is 0 Å². The number of piperidine rings is 1. The number of benzene rings is 1. The molecule has 2 heterocycles. The summed E-state index contributed by atoms with van der Waals surface area (Å²) in [5.41, 5.74) is 1.43. The molecule has 1 aromatic heterocycles. The van der Waals surface area contributed by atoms with E-state index in [4.69, 9.17) is 9.84 Å². The second-order valence-corrected chi connectivity index (χ2v) is 6.27. The van der Waals surface area contributed by atoms with E-state index in [9.17, 15) is 14.4 Å². The Labute approximate surface area is 144 Å². The summed E-state index contributed by atoms with van der Waals surface area (Å²) in [5, 5.41) is 9.78. The predicted octanol–water partition coefficient (Wildman–Crippen LogP) is 2.32. The van der Waals surface area contributed by atoms with Crippen LogP contribution in [0.5, 0.6) is 0 Å². The molecule has 0 spiro atoms. The van der Waals surface area contributed by atoms with Gasteiger partial charge in [-0.05, 0) is 43.2 Å². The first-order valence-electron chi connectivity index (χ1n) is 8.26. The number of carbonyl (C=O) groups is 2. The monoisotopic (exact) mass is 344 g/mol. The van der Waals surface area contributed by atoms with Crippen molar-refractivity contribution >= 4 is 23.0 Å². The fourth-order valence-corrected chi connectivity index (χ4v) is 3.12. The number of aromatic nitrogens is 1. The van der Waals surface area contributed by atoms with E-state index in [-0.39, 0.29) is 11.5 Å². The number of carboxylic acids is 1. The lowest BCUT2D eigenvalue weighted by Crippen LogP contribution is -2.41. The number of ether oxygens (including phenoxy) is 1. The van der Waals surface area contributed by atoms with Crippen molar-refractivity contribution in [3.05, 3.63) is 46.2 Å². The van der Waals surface area contributed by atoms with Crippen molar-refractivity contribution in [2.24, 2.45) is 0 Å². The number of rotatable bonds is 3. The fraction of sp³-hybridized carbons (Fsp3) is 0.389. The third-order valence-corrected chi connectivity index (χ3v) is 4.60. The molecule has 1 aliphatic rings. The van der Waals surface area contributed by atoms with E-state index in [1.807, 2.05) is 30.3 Å². The van der Waals surface area contributed by atoms with Crippen molar-refractivity contribution in [2.75, 3.05) is 13.1 Å². The number of hydrogen-bond donors (Lipinski definition) is 2. The third-order valence-electron chi connectivity index (χ3n) is 4.60. The zero-order valence-corrected chi connectivity index (χ0v) is 13.9. The number of hydrogen-bond acceptors (Lipinski definition) is 4. The van der Waals surface area contributed by atoms with Crippen LogP contribution in [0.15, 0.2) is 35.1 Å². The van der Waals surface area contributed by atoms with Gasteiger partial charge >= 0.3 is 12.1 Å². The van der Waals surface area contributed by atoms with E-state index in [2.05, 4.69) is 4.98 Å².